The highest BCUT2D eigenvalue weighted by Gasteiger charge is 2.35. The molecule has 1 aliphatic rings. The van der Waals surface area contributed by atoms with E-state index in [1.54, 1.807) is 7.11 Å². The number of hydrogen-bond donors (Lipinski definition) is 1. The second-order valence-corrected chi connectivity index (χ2v) is 7.94. The summed E-state index contributed by atoms with van der Waals surface area (Å²) >= 11 is 4.22. The summed E-state index contributed by atoms with van der Waals surface area (Å²) in [6.07, 6.45) is 4.18. The van der Waals surface area contributed by atoms with Crippen LogP contribution in [0.2, 0.25) is 0 Å². The maximum absolute atomic E-state index is 5.55. The summed E-state index contributed by atoms with van der Waals surface area (Å²) < 4.78 is 7.52. The second-order valence-electron chi connectivity index (χ2n) is 5.31. The van der Waals surface area contributed by atoms with Gasteiger partial charge in [0, 0.05) is 29.1 Å². The van der Waals surface area contributed by atoms with Crippen molar-refractivity contribution in [2.45, 2.75) is 43.2 Å². The van der Waals surface area contributed by atoms with Crippen LogP contribution in [0.1, 0.15) is 38.4 Å². The molecule has 2 rings (SSSR count). The summed E-state index contributed by atoms with van der Waals surface area (Å²) in [5, 5.41) is 9.41. The lowest BCUT2D eigenvalue weighted by molar-refractivity contribution is 0.388. The molecular formula is C15H27N3OS2. The Morgan fingerprint density at radius 3 is 2.86 bits per heavy atom. The van der Waals surface area contributed by atoms with Crippen molar-refractivity contribution in [3.63, 3.8) is 0 Å². The zero-order valence-corrected chi connectivity index (χ0v) is 15.1. The average molecular weight is 330 g/mol. The fourth-order valence-electron chi connectivity index (χ4n) is 2.85. The molecule has 2 heterocycles. The highest BCUT2D eigenvalue weighted by molar-refractivity contribution is 8.07. The maximum atomic E-state index is 5.55. The molecular weight excluding hydrogens is 302 g/mol. The van der Waals surface area contributed by atoms with E-state index in [0.717, 1.165) is 18.7 Å². The number of aromatic nitrogens is 2. The normalized spacial score (nSPS) is 24.0. The fraction of sp³-hybridized carbons (Fsp3) is 0.800. The summed E-state index contributed by atoms with van der Waals surface area (Å²) in [5.41, 5.74) is 1.18. The van der Waals surface area contributed by atoms with Crippen molar-refractivity contribution < 1.29 is 4.74 Å². The summed E-state index contributed by atoms with van der Waals surface area (Å²) in [4.78, 5) is 0. The lowest BCUT2D eigenvalue weighted by Gasteiger charge is -2.36. The van der Waals surface area contributed by atoms with Crippen LogP contribution in [0.5, 0.6) is 5.75 Å². The molecule has 3 atom stereocenters. The number of nitrogens with one attached hydrogen (secondary N) is 1. The van der Waals surface area contributed by atoms with Gasteiger partial charge in [-0.25, -0.2) is 0 Å². The third kappa shape index (κ3) is 3.90. The molecule has 21 heavy (non-hydrogen) atoms. The minimum absolute atomic E-state index is 0.301. The van der Waals surface area contributed by atoms with Crippen molar-refractivity contribution in [1.82, 2.24) is 15.1 Å². The lowest BCUT2D eigenvalue weighted by Crippen LogP contribution is -2.40. The van der Waals surface area contributed by atoms with Crippen molar-refractivity contribution in [2.24, 2.45) is 7.05 Å². The first kappa shape index (κ1) is 17.0. The zero-order valence-electron chi connectivity index (χ0n) is 13.5. The molecule has 120 valence electrons. The van der Waals surface area contributed by atoms with E-state index in [0.29, 0.717) is 16.5 Å². The molecule has 6 heteroatoms. The number of hydrogen-bond acceptors (Lipinski definition) is 5. The van der Waals surface area contributed by atoms with E-state index in [9.17, 15) is 0 Å². The van der Waals surface area contributed by atoms with Crippen LogP contribution in [0.3, 0.4) is 0 Å². The van der Waals surface area contributed by atoms with Gasteiger partial charge in [0.1, 0.15) is 0 Å². The van der Waals surface area contributed by atoms with Crippen LogP contribution in [-0.2, 0) is 7.05 Å². The predicted octanol–water partition coefficient (Wildman–Crippen LogP) is 3.10. The van der Waals surface area contributed by atoms with Gasteiger partial charge in [-0.15, -0.1) is 0 Å². The Morgan fingerprint density at radius 2 is 2.19 bits per heavy atom. The summed E-state index contributed by atoms with van der Waals surface area (Å²) in [6, 6.07) is 0.301. The van der Waals surface area contributed by atoms with E-state index in [4.69, 9.17) is 4.74 Å². The van der Waals surface area contributed by atoms with Crippen molar-refractivity contribution in [3.05, 3.63) is 11.9 Å². The van der Waals surface area contributed by atoms with Crippen molar-refractivity contribution in [3.8, 4) is 5.75 Å². The molecule has 4 nitrogen and oxygen atoms in total. The van der Waals surface area contributed by atoms with E-state index < -0.39 is 0 Å². The number of ether oxygens (including phenoxy) is 1. The largest absolute Gasteiger partial charge is 0.493 e. The lowest BCUT2D eigenvalue weighted by atomic mass is 10.0. The Kier molecular flexibility index (Phi) is 6.76. The number of thioether (sulfide) groups is 2. The van der Waals surface area contributed by atoms with Crippen LogP contribution >= 0.6 is 23.5 Å². The van der Waals surface area contributed by atoms with Gasteiger partial charge in [-0.1, -0.05) is 13.8 Å². The van der Waals surface area contributed by atoms with Crippen molar-refractivity contribution in [2.75, 3.05) is 25.2 Å². The number of rotatable bonds is 7. The highest BCUT2D eigenvalue weighted by Crippen LogP contribution is 2.42. The second kappa shape index (κ2) is 8.34. The number of nitrogens with zero attached hydrogens (tertiary/aromatic N) is 2. The maximum Gasteiger partial charge on any atom is 0.161 e. The number of aryl methyl sites for hydroxylation is 1. The molecule has 1 N–H and O–H groups in total. The average Bonchev–Trinajstić information content (AvgIpc) is 2.89. The van der Waals surface area contributed by atoms with Gasteiger partial charge in [0.05, 0.1) is 25.0 Å². The van der Waals surface area contributed by atoms with Gasteiger partial charge in [-0.05, 0) is 19.4 Å². The van der Waals surface area contributed by atoms with Crippen LogP contribution in [0.4, 0.5) is 0 Å². The van der Waals surface area contributed by atoms with E-state index in [-0.39, 0.29) is 0 Å². The molecule has 1 aromatic heterocycles. The van der Waals surface area contributed by atoms with E-state index in [2.05, 4.69) is 47.8 Å². The molecule has 0 saturated carbocycles. The summed E-state index contributed by atoms with van der Waals surface area (Å²) in [6.45, 7) is 5.54. The van der Waals surface area contributed by atoms with Gasteiger partial charge in [0.2, 0.25) is 0 Å². The van der Waals surface area contributed by atoms with Gasteiger partial charge in [-0.3, -0.25) is 4.68 Å². The van der Waals surface area contributed by atoms with Crippen molar-refractivity contribution >= 4 is 23.5 Å². The van der Waals surface area contributed by atoms with Crippen LogP contribution in [-0.4, -0.2) is 45.4 Å². The van der Waals surface area contributed by atoms with Crippen LogP contribution < -0.4 is 10.1 Å². The third-order valence-corrected chi connectivity index (χ3v) is 7.25. The van der Waals surface area contributed by atoms with Gasteiger partial charge in [0.15, 0.2) is 5.75 Å². The molecule has 0 spiro atoms. The first-order chi connectivity index (χ1) is 10.2. The molecule has 0 amide bonds. The van der Waals surface area contributed by atoms with E-state index in [1.807, 2.05) is 17.9 Å². The Bertz CT molecular complexity index is 439. The molecule has 0 aromatic carbocycles. The Balaban J connectivity index is 2.30. The Labute approximate surface area is 136 Å². The monoisotopic (exact) mass is 329 g/mol. The standard InChI is InChI=1S/C15H27N3OS2/c1-5-7-16-13(14-11(19-4)10-17-18(14)3)15-12(6-2)20-8-9-21-15/h10,12-13,15-16H,5-9H2,1-4H3. The molecule has 1 aromatic rings. The molecule has 1 aliphatic heterocycles. The molecule has 0 aliphatic carbocycles. The minimum atomic E-state index is 0.301. The predicted molar refractivity (Wildman–Crippen MR) is 93.6 cm³/mol. The number of methoxy groups -OCH3 is 1. The topological polar surface area (TPSA) is 39.1 Å². The van der Waals surface area contributed by atoms with Gasteiger partial charge in [0.25, 0.3) is 0 Å². The zero-order chi connectivity index (χ0) is 15.2. The summed E-state index contributed by atoms with van der Waals surface area (Å²) in [5.74, 6) is 3.40. The van der Waals surface area contributed by atoms with E-state index >= 15 is 0 Å². The fourth-order valence-corrected chi connectivity index (χ4v) is 6.08. The van der Waals surface area contributed by atoms with Crippen molar-refractivity contribution in [1.29, 1.82) is 0 Å². The molecule has 0 bridgehead atoms. The smallest absolute Gasteiger partial charge is 0.161 e. The molecule has 0 radical (unpaired) electrons. The van der Waals surface area contributed by atoms with Crippen LogP contribution in [0.15, 0.2) is 6.20 Å². The van der Waals surface area contributed by atoms with E-state index in [1.165, 1.54) is 23.6 Å². The SMILES string of the molecule is CCCNC(c1c(OC)cnn1C)C1SCCSC1CC. The highest BCUT2D eigenvalue weighted by atomic mass is 32.2. The quantitative estimate of drug-likeness (QED) is 0.832. The van der Waals surface area contributed by atoms with Gasteiger partial charge >= 0.3 is 0 Å². The van der Waals surface area contributed by atoms with Crippen LogP contribution in [0.25, 0.3) is 0 Å². The third-order valence-electron chi connectivity index (χ3n) is 3.90. The van der Waals surface area contributed by atoms with Gasteiger partial charge < -0.3 is 10.1 Å². The molecule has 1 saturated heterocycles. The first-order valence-corrected chi connectivity index (χ1v) is 9.85. The summed E-state index contributed by atoms with van der Waals surface area (Å²) in [7, 11) is 3.75. The van der Waals surface area contributed by atoms with Crippen LogP contribution in [0, 0.1) is 0 Å². The Morgan fingerprint density at radius 1 is 1.43 bits per heavy atom. The Hall–Kier alpha value is -0.330. The minimum Gasteiger partial charge on any atom is -0.493 e. The molecule has 3 unspecified atom stereocenters. The molecule has 1 fully saturated rings. The van der Waals surface area contributed by atoms with Gasteiger partial charge in [-0.2, -0.15) is 28.6 Å². The first-order valence-electron chi connectivity index (χ1n) is 7.75.